The molecule has 4 N–H and O–H groups in total. The number of carbonyl (C=O) groups is 1. The van der Waals surface area contributed by atoms with E-state index in [0.717, 1.165) is 55.5 Å². The van der Waals surface area contributed by atoms with Gasteiger partial charge in [0.2, 0.25) is 0 Å². The summed E-state index contributed by atoms with van der Waals surface area (Å²) in [5.41, 5.74) is 5.10. The predicted octanol–water partition coefficient (Wildman–Crippen LogP) is 4.33. The first kappa shape index (κ1) is 18.9. The van der Waals surface area contributed by atoms with Crippen LogP contribution < -0.4 is 11.3 Å². The van der Waals surface area contributed by atoms with E-state index in [1.54, 1.807) is 11.3 Å². The lowest BCUT2D eigenvalue weighted by Crippen LogP contribution is -2.38. The summed E-state index contributed by atoms with van der Waals surface area (Å²) in [6, 6.07) is 0. The number of aromatic carboxylic acids is 1. The minimum atomic E-state index is -0.741. The molecule has 0 spiro atoms. The van der Waals surface area contributed by atoms with E-state index >= 15 is 0 Å². The number of rotatable bonds is 4. The Hall–Kier alpha value is -0.910. The van der Waals surface area contributed by atoms with Crippen LogP contribution >= 0.6 is 11.3 Å². The van der Waals surface area contributed by atoms with Crippen LogP contribution in [-0.4, -0.2) is 17.6 Å². The second-order valence-electron chi connectivity index (χ2n) is 9.57. The molecule has 0 amide bonds. The van der Waals surface area contributed by atoms with Gasteiger partial charge >= 0.3 is 5.97 Å². The molecule has 0 aliphatic heterocycles. The van der Waals surface area contributed by atoms with E-state index in [4.69, 9.17) is 5.84 Å². The Bertz CT molecular complexity index is 663. The van der Waals surface area contributed by atoms with Crippen molar-refractivity contribution in [2.24, 2.45) is 22.6 Å². The number of hydrazine groups is 1. The van der Waals surface area contributed by atoms with Crippen molar-refractivity contribution in [2.45, 2.75) is 72.1 Å². The zero-order chi connectivity index (χ0) is 18.4. The number of aryl methyl sites for hydroxylation is 1. The van der Waals surface area contributed by atoms with Crippen LogP contribution in [0.1, 0.15) is 85.0 Å². The van der Waals surface area contributed by atoms with E-state index in [-0.39, 0.29) is 5.41 Å². The average molecular weight is 365 g/mol. The maximum Gasteiger partial charge on any atom is 0.337 e. The van der Waals surface area contributed by atoms with Gasteiger partial charge < -0.3 is 5.11 Å². The molecule has 2 aliphatic rings. The Kier molecular flexibility index (Phi) is 5.04. The maximum atomic E-state index is 12.2. The van der Waals surface area contributed by atoms with Gasteiger partial charge in [0.1, 0.15) is 0 Å². The van der Waals surface area contributed by atoms with E-state index in [1.807, 2.05) is 0 Å². The zero-order valence-corrected chi connectivity index (χ0v) is 16.8. The highest BCUT2D eigenvalue weighted by molar-refractivity contribution is 7.12. The quantitative estimate of drug-likeness (QED) is 0.549. The zero-order valence-electron chi connectivity index (χ0n) is 15.9. The Labute approximate surface area is 155 Å². The van der Waals surface area contributed by atoms with Crippen molar-refractivity contribution < 1.29 is 9.90 Å². The third kappa shape index (κ3) is 3.79. The van der Waals surface area contributed by atoms with Gasteiger partial charge in [-0.05, 0) is 66.8 Å². The Morgan fingerprint density at radius 1 is 1.28 bits per heavy atom. The molecule has 0 radical (unpaired) electrons. The number of nitrogens with two attached hydrogens (primary N) is 1. The van der Waals surface area contributed by atoms with E-state index < -0.39 is 5.97 Å². The summed E-state index contributed by atoms with van der Waals surface area (Å²) in [4.78, 5) is 14.6. The third-order valence-electron chi connectivity index (χ3n) is 6.25. The van der Waals surface area contributed by atoms with Crippen molar-refractivity contribution in [1.29, 1.82) is 0 Å². The fourth-order valence-corrected chi connectivity index (χ4v) is 6.43. The second kappa shape index (κ2) is 6.67. The van der Waals surface area contributed by atoms with Crippen LogP contribution in [-0.2, 0) is 12.8 Å². The van der Waals surface area contributed by atoms with Crippen LogP contribution in [0.2, 0.25) is 0 Å². The van der Waals surface area contributed by atoms with E-state index in [0.29, 0.717) is 22.8 Å². The lowest BCUT2D eigenvalue weighted by molar-refractivity contribution is 0.0691. The van der Waals surface area contributed by atoms with Crippen LogP contribution in [0, 0.1) is 16.7 Å². The van der Waals surface area contributed by atoms with Crippen LogP contribution in [0.5, 0.6) is 0 Å². The first-order valence-electron chi connectivity index (χ1n) is 9.45. The summed E-state index contributed by atoms with van der Waals surface area (Å²) >= 11 is 1.78. The van der Waals surface area contributed by atoms with Gasteiger partial charge in [-0.25, -0.2) is 4.79 Å². The lowest BCUT2D eigenvalue weighted by atomic mass is 9.66. The van der Waals surface area contributed by atoms with Gasteiger partial charge in [0, 0.05) is 16.3 Å². The molecule has 2 aliphatic carbocycles. The molecule has 1 aromatic heterocycles. The average Bonchev–Trinajstić information content (AvgIpc) is 2.84. The third-order valence-corrected chi connectivity index (χ3v) is 7.67. The fourth-order valence-electron chi connectivity index (χ4n) is 4.88. The smallest absolute Gasteiger partial charge is 0.337 e. The highest BCUT2D eigenvalue weighted by Crippen LogP contribution is 2.51. The monoisotopic (exact) mass is 364 g/mol. The van der Waals surface area contributed by atoms with Crippen molar-refractivity contribution >= 4 is 17.3 Å². The van der Waals surface area contributed by atoms with Gasteiger partial charge in [0.15, 0.2) is 0 Å². The first-order valence-corrected chi connectivity index (χ1v) is 10.3. The van der Waals surface area contributed by atoms with Gasteiger partial charge in [0.05, 0.1) is 5.56 Å². The summed E-state index contributed by atoms with van der Waals surface area (Å²) in [5.74, 6) is 5.63. The molecule has 5 heteroatoms. The molecular formula is C20H32N2O2S. The number of hydrogen-bond acceptors (Lipinski definition) is 4. The highest BCUT2D eigenvalue weighted by atomic mass is 32.1. The molecule has 25 heavy (non-hydrogen) atoms. The molecule has 1 saturated carbocycles. The topological polar surface area (TPSA) is 75.3 Å². The molecule has 0 unspecified atom stereocenters. The van der Waals surface area contributed by atoms with E-state index in [9.17, 15) is 9.90 Å². The predicted molar refractivity (Wildman–Crippen MR) is 103 cm³/mol. The summed E-state index contributed by atoms with van der Waals surface area (Å²) in [5, 5.41) is 10.00. The SMILES string of the molecule is CC1(C)CCc2sc([C@@H]3CCC(C)(C)C[C@@H]3CNN)c(C(=O)O)c2C1. The maximum absolute atomic E-state index is 12.2. The minimum Gasteiger partial charge on any atom is -0.478 e. The Balaban J connectivity index is 2.02. The van der Waals surface area contributed by atoms with Crippen molar-refractivity contribution in [3.8, 4) is 0 Å². The number of thiophene rings is 1. The van der Waals surface area contributed by atoms with Crippen molar-refractivity contribution in [2.75, 3.05) is 6.54 Å². The Morgan fingerprint density at radius 2 is 2.00 bits per heavy atom. The number of hydrogen-bond donors (Lipinski definition) is 3. The van der Waals surface area contributed by atoms with Crippen molar-refractivity contribution in [3.05, 3.63) is 20.9 Å². The molecular weight excluding hydrogens is 332 g/mol. The van der Waals surface area contributed by atoms with Gasteiger partial charge in [0.25, 0.3) is 0 Å². The van der Waals surface area contributed by atoms with Crippen LogP contribution in [0.25, 0.3) is 0 Å². The normalized spacial score (nSPS) is 27.7. The summed E-state index contributed by atoms with van der Waals surface area (Å²) in [6.07, 6.45) is 6.34. The van der Waals surface area contributed by atoms with Crippen LogP contribution in [0.4, 0.5) is 0 Å². The fraction of sp³-hybridized carbons (Fsp3) is 0.750. The molecule has 140 valence electrons. The van der Waals surface area contributed by atoms with Gasteiger partial charge in [-0.3, -0.25) is 11.3 Å². The summed E-state index contributed by atoms with van der Waals surface area (Å²) in [6.45, 7) is 9.88. The Morgan fingerprint density at radius 3 is 2.64 bits per heavy atom. The molecule has 1 heterocycles. The van der Waals surface area contributed by atoms with Gasteiger partial charge in [-0.15, -0.1) is 11.3 Å². The summed E-state index contributed by atoms with van der Waals surface area (Å²) in [7, 11) is 0. The molecule has 2 atom stereocenters. The summed E-state index contributed by atoms with van der Waals surface area (Å²) < 4.78 is 0. The molecule has 1 fully saturated rings. The molecule has 0 bridgehead atoms. The van der Waals surface area contributed by atoms with Crippen LogP contribution in [0.3, 0.4) is 0 Å². The molecule has 1 aromatic rings. The van der Waals surface area contributed by atoms with E-state index in [2.05, 4.69) is 33.1 Å². The standard InChI is InChI=1S/C20H32N2O2S/c1-19(2)7-5-13(12(9-19)11-22-21)17-16(18(23)24)14-10-20(3,4)8-6-15(14)25-17/h12-13,22H,5-11,21H2,1-4H3,(H,23,24)/t12-,13-/m1/s1. The second-order valence-corrected chi connectivity index (χ2v) is 10.7. The van der Waals surface area contributed by atoms with E-state index in [1.165, 1.54) is 4.88 Å². The number of carboxylic acid groups (broad SMARTS) is 1. The molecule has 0 aromatic carbocycles. The number of fused-ring (bicyclic) bond motifs is 1. The minimum absolute atomic E-state index is 0.197. The largest absolute Gasteiger partial charge is 0.478 e. The van der Waals surface area contributed by atoms with Crippen LogP contribution in [0.15, 0.2) is 0 Å². The van der Waals surface area contributed by atoms with Gasteiger partial charge in [-0.2, -0.15) is 0 Å². The van der Waals surface area contributed by atoms with Crippen molar-refractivity contribution in [1.82, 2.24) is 5.43 Å². The van der Waals surface area contributed by atoms with Crippen molar-refractivity contribution in [3.63, 3.8) is 0 Å². The highest BCUT2D eigenvalue weighted by Gasteiger charge is 2.40. The molecule has 0 saturated heterocycles. The molecule has 4 nitrogen and oxygen atoms in total. The van der Waals surface area contributed by atoms with Gasteiger partial charge in [-0.1, -0.05) is 27.7 Å². The molecule has 3 rings (SSSR count). The first-order chi connectivity index (χ1) is 11.6. The lowest BCUT2D eigenvalue weighted by Gasteiger charge is -2.40. The number of carboxylic acids is 1. The number of nitrogens with one attached hydrogen (secondary N) is 1.